The Morgan fingerprint density at radius 2 is 1.77 bits per heavy atom. The summed E-state index contributed by atoms with van der Waals surface area (Å²) in [5, 5.41) is 3.08. The molecule has 0 atom stereocenters. The van der Waals surface area contributed by atoms with Crippen LogP contribution in [-0.2, 0) is 17.6 Å². The lowest BCUT2D eigenvalue weighted by molar-refractivity contribution is -0.129. The van der Waals surface area contributed by atoms with Crippen molar-refractivity contribution in [2.24, 2.45) is 0 Å². The third kappa shape index (κ3) is 4.55. The van der Waals surface area contributed by atoms with Crippen LogP contribution in [0.25, 0.3) is 22.1 Å². The molecule has 0 aliphatic heterocycles. The minimum absolute atomic E-state index is 0.0766. The number of carbonyl (C=O) groups excluding carboxylic acids is 1. The molecule has 0 saturated heterocycles. The Balaban J connectivity index is 1.33. The summed E-state index contributed by atoms with van der Waals surface area (Å²) in [5.74, 6) is 1.24. The number of fused-ring (bicyclic) bond motifs is 1. The van der Waals surface area contributed by atoms with E-state index in [1.54, 1.807) is 11.1 Å². The van der Waals surface area contributed by atoms with Crippen LogP contribution in [0.1, 0.15) is 17.9 Å². The molecule has 0 aliphatic carbocycles. The Kier molecular flexibility index (Phi) is 6.15. The van der Waals surface area contributed by atoms with Crippen molar-refractivity contribution in [1.82, 2.24) is 9.88 Å². The Morgan fingerprint density at radius 1 is 1.00 bits per heavy atom. The molecule has 0 radical (unpaired) electrons. The maximum atomic E-state index is 12.6. The molecular formula is C25H23ClN2O2. The van der Waals surface area contributed by atoms with Crippen molar-refractivity contribution >= 4 is 28.3 Å². The van der Waals surface area contributed by atoms with Gasteiger partial charge in [0.1, 0.15) is 0 Å². The van der Waals surface area contributed by atoms with Gasteiger partial charge in [-0.1, -0.05) is 66.2 Å². The SMILES string of the molecule is CN(CCc1cccc2ccccc12)C(=O)CCc1ncc(-c2ccccc2Cl)o1. The molecule has 1 heterocycles. The highest BCUT2D eigenvalue weighted by atomic mass is 35.5. The van der Waals surface area contributed by atoms with Gasteiger partial charge in [0.05, 0.1) is 11.2 Å². The first kappa shape index (κ1) is 20.2. The van der Waals surface area contributed by atoms with E-state index in [0.29, 0.717) is 36.1 Å². The topological polar surface area (TPSA) is 46.3 Å². The lowest BCUT2D eigenvalue weighted by Gasteiger charge is -2.17. The first-order valence-corrected chi connectivity index (χ1v) is 10.4. The van der Waals surface area contributed by atoms with E-state index in [9.17, 15) is 4.79 Å². The smallest absolute Gasteiger partial charge is 0.222 e. The van der Waals surface area contributed by atoms with Gasteiger partial charge in [0, 0.05) is 32.0 Å². The van der Waals surface area contributed by atoms with Gasteiger partial charge < -0.3 is 9.32 Å². The quantitative estimate of drug-likeness (QED) is 0.382. The van der Waals surface area contributed by atoms with E-state index in [4.69, 9.17) is 16.0 Å². The zero-order valence-corrected chi connectivity index (χ0v) is 17.6. The molecule has 1 aromatic heterocycles. The van der Waals surface area contributed by atoms with Crippen LogP contribution in [0.5, 0.6) is 0 Å². The summed E-state index contributed by atoms with van der Waals surface area (Å²) in [4.78, 5) is 18.6. The molecule has 0 unspecified atom stereocenters. The van der Waals surface area contributed by atoms with Crippen molar-refractivity contribution in [2.45, 2.75) is 19.3 Å². The molecule has 5 heteroatoms. The Hall–Kier alpha value is -3.11. The first-order chi connectivity index (χ1) is 14.6. The highest BCUT2D eigenvalue weighted by Gasteiger charge is 2.14. The Morgan fingerprint density at radius 3 is 2.63 bits per heavy atom. The van der Waals surface area contributed by atoms with E-state index in [0.717, 1.165) is 12.0 Å². The van der Waals surface area contributed by atoms with Gasteiger partial charge in [-0.15, -0.1) is 0 Å². The number of carbonyl (C=O) groups is 1. The third-order valence-corrected chi connectivity index (χ3v) is 5.60. The summed E-state index contributed by atoms with van der Waals surface area (Å²) in [6, 6.07) is 22.1. The zero-order chi connectivity index (χ0) is 20.9. The van der Waals surface area contributed by atoms with E-state index in [1.807, 2.05) is 43.4 Å². The third-order valence-electron chi connectivity index (χ3n) is 5.27. The van der Waals surface area contributed by atoms with Gasteiger partial charge >= 0.3 is 0 Å². The number of likely N-dealkylation sites (N-methyl/N-ethyl adjacent to an activating group) is 1. The van der Waals surface area contributed by atoms with Crippen molar-refractivity contribution in [3.63, 3.8) is 0 Å². The molecule has 3 aromatic carbocycles. The van der Waals surface area contributed by atoms with Crippen molar-refractivity contribution in [3.8, 4) is 11.3 Å². The first-order valence-electron chi connectivity index (χ1n) is 10.0. The number of nitrogens with zero attached hydrogens (tertiary/aromatic N) is 2. The fourth-order valence-corrected chi connectivity index (χ4v) is 3.77. The molecule has 4 aromatic rings. The van der Waals surface area contributed by atoms with E-state index in [2.05, 4.69) is 35.3 Å². The molecule has 0 fully saturated rings. The lowest BCUT2D eigenvalue weighted by atomic mass is 10.0. The molecule has 0 N–H and O–H groups in total. The van der Waals surface area contributed by atoms with Crippen LogP contribution < -0.4 is 0 Å². The average Bonchev–Trinajstić information content (AvgIpc) is 3.25. The minimum Gasteiger partial charge on any atom is -0.441 e. The normalized spacial score (nSPS) is 11.0. The average molecular weight is 419 g/mol. The second-order valence-corrected chi connectivity index (χ2v) is 7.71. The Labute approximate surface area is 181 Å². The standard InChI is InChI=1S/C25H23ClN2O2/c1-28(16-15-19-9-6-8-18-7-2-3-10-20(18)19)25(29)14-13-24-27-17-23(30-24)21-11-4-5-12-22(21)26/h2-12,17H,13-16H2,1H3. The second-order valence-electron chi connectivity index (χ2n) is 7.30. The van der Waals surface area contributed by atoms with Crippen LogP contribution in [0.15, 0.2) is 77.3 Å². The maximum absolute atomic E-state index is 12.6. The van der Waals surface area contributed by atoms with Gasteiger partial charge in [-0.2, -0.15) is 0 Å². The van der Waals surface area contributed by atoms with Crippen LogP contribution in [0, 0.1) is 0 Å². The molecule has 0 saturated carbocycles. The number of amides is 1. The zero-order valence-electron chi connectivity index (χ0n) is 16.8. The molecular weight excluding hydrogens is 396 g/mol. The maximum Gasteiger partial charge on any atom is 0.222 e. The van der Waals surface area contributed by atoms with Gasteiger partial charge in [0.25, 0.3) is 0 Å². The van der Waals surface area contributed by atoms with E-state index < -0.39 is 0 Å². The van der Waals surface area contributed by atoms with E-state index in [-0.39, 0.29) is 5.91 Å². The summed E-state index contributed by atoms with van der Waals surface area (Å²) in [6.07, 6.45) is 3.29. The fourth-order valence-electron chi connectivity index (χ4n) is 3.54. The van der Waals surface area contributed by atoms with Crippen molar-refractivity contribution in [3.05, 3.63) is 89.4 Å². The summed E-state index contributed by atoms with van der Waals surface area (Å²) in [7, 11) is 1.85. The van der Waals surface area contributed by atoms with E-state index in [1.165, 1.54) is 16.3 Å². The predicted molar refractivity (Wildman–Crippen MR) is 121 cm³/mol. The fraction of sp³-hybridized carbons (Fsp3) is 0.200. The summed E-state index contributed by atoms with van der Waals surface area (Å²) >= 11 is 6.21. The molecule has 0 aliphatic rings. The van der Waals surface area contributed by atoms with E-state index >= 15 is 0 Å². The van der Waals surface area contributed by atoms with Crippen LogP contribution >= 0.6 is 11.6 Å². The monoisotopic (exact) mass is 418 g/mol. The molecule has 152 valence electrons. The number of aryl methyl sites for hydroxylation is 1. The number of benzene rings is 3. The van der Waals surface area contributed by atoms with Gasteiger partial charge in [-0.25, -0.2) is 4.98 Å². The van der Waals surface area contributed by atoms with Gasteiger partial charge in [0.2, 0.25) is 5.91 Å². The van der Waals surface area contributed by atoms with Gasteiger partial charge in [0.15, 0.2) is 11.7 Å². The molecule has 0 bridgehead atoms. The molecule has 4 nitrogen and oxygen atoms in total. The second kappa shape index (κ2) is 9.14. The van der Waals surface area contributed by atoms with Crippen LogP contribution in [0.3, 0.4) is 0 Å². The number of oxazole rings is 1. The van der Waals surface area contributed by atoms with Gasteiger partial charge in [-0.3, -0.25) is 4.79 Å². The van der Waals surface area contributed by atoms with Crippen LogP contribution in [0.4, 0.5) is 0 Å². The predicted octanol–water partition coefficient (Wildman–Crippen LogP) is 5.78. The van der Waals surface area contributed by atoms with Crippen LogP contribution in [-0.4, -0.2) is 29.4 Å². The highest BCUT2D eigenvalue weighted by molar-refractivity contribution is 6.33. The number of halogens is 1. The van der Waals surface area contributed by atoms with Crippen molar-refractivity contribution < 1.29 is 9.21 Å². The van der Waals surface area contributed by atoms with Crippen LogP contribution in [0.2, 0.25) is 5.02 Å². The number of rotatable bonds is 7. The van der Waals surface area contributed by atoms with Gasteiger partial charge in [-0.05, 0) is 34.9 Å². The number of aromatic nitrogens is 1. The molecule has 30 heavy (non-hydrogen) atoms. The highest BCUT2D eigenvalue weighted by Crippen LogP contribution is 2.28. The number of hydrogen-bond acceptors (Lipinski definition) is 3. The number of hydrogen-bond donors (Lipinski definition) is 0. The minimum atomic E-state index is 0.0766. The Bertz CT molecular complexity index is 1160. The van der Waals surface area contributed by atoms with Crippen molar-refractivity contribution in [1.29, 1.82) is 0 Å². The molecule has 0 spiro atoms. The summed E-state index contributed by atoms with van der Waals surface area (Å²) in [6.45, 7) is 0.670. The summed E-state index contributed by atoms with van der Waals surface area (Å²) in [5.41, 5.74) is 2.06. The molecule has 4 rings (SSSR count). The summed E-state index contributed by atoms with van der Waals surface area (Å²) < 4.78 is 5.79. The van der Waals surface area contributed by atoms with Crippen molar-refractivity contribution in [2.75, 3.05) is 13.6 Å². The lowest BCUT2D eigenvalue weighted by Crippen LogP contribution is -2.29. The molecule has 1 amide bonds. The largest absolute Gasteiger partial charge is 0.441 e.